The molecule has 2 rings (SSSR count). The van der Waals surface area contributed by atoms with Crippen molar-refractivity contribution in [2.75, 3.05) is 5.32 Å². The molecule has 3 heteroatoms. The number of carbonyl (C=O) groups excluding carboxylic acids is 1. The molecule has 0 aliphatic heterocycles. The third-order valence-electron chi connectivity index (χ3n) is 2.87. The number of benzene rings is 2. The number of amides is 1. The van der Waals surface area contributed by atoms with Gasteiger partial charge in [0.2, 0.25) is 5.91 Å². The summed E-state index contributed by atoms with van der Waals surface area (Å²) in [6.45, 7) is 2.06. The number of hydrogen-bond acceptors (Lipinski definition) is 1. The van der Waals surface area contributed by atoms with E-state index < -0.39 is 0 Å². The minimum Gasteiger partial charge on any atom is -0.326 e. The van der Waals surface area contributed by atoms with Crippen molar-refractivity contribution in [2.45, 2.75) is 19.8 Å². The number of halogens is 1. The van der Waals surface area contributed by atoms with Crippen molar-refractivity contribution in [3.8, 4) is 0 Å². The fourth-order valence-electron chi connectivity index (χ4n) is 1.91. The molecule has 0 aromatic heterocycles. The smallest absolute Gasteiger partial charge is 0.228 e. The Kier molecular flexibility index (Phi) is 4.29. The normalized spacial score (nSPS) is 10.2. The number of anilines is 1. The van der Waals surface area contributed by atoms with Crippen molar-refractivity contribution in [3.05, 3.63) is 65.5 Å². The van der Waals surface area contributed by atoms with Crippen LogP contribution in [0.5, 0.6) is 0 Å². The summed E-state index contributed by atoms with van der Waals surface area (Å²) in [6, 6.07) is 13.8. The fraction of sp³-hybridized carbons (Fsp3) is 0.188. The molecule has 0 heterocycles. The van der Waals surface area contributed by atoms with Crippen LogP contribution in [0.3, 0.4) is 0 Å². The van der Waals surface area contributed by atoms with Crippen LogP contribution >= 0.6 is 0 Å². The number of hydrogen-bond donors (Lipinski definition) is 1. The van der Waals surface area contributed by atoms with E-state index in [1.54, 1.807) is 12.1 Å². The zero-order valence-electron chi connectivity index (χ0n) is 10.8. The molecule has 0 saturated heterocycles. The third kappa shape index (κ3) is 3.91. The Hall–Kier alpha value is -2.16. The van der Waals surface area contributed by atoms with Gasteiger partial charge in [-0.05, 0) is 41.8 Å². The van der Waals surface area contributed by atoms with E-state index in [1.807, 2.05) is 24.3 Å². The van der Waals surface area contributed by atoms with Gasteiger partial charge in [0.1, 0.15) is 5.82 Å². The maximum atomic E-state index is 13.0. The van der Waals surface area contributed by atoms with Crippen molar-refractivity contribution in [1.29, 1.82) is 0 Å². The third-order valence-corrected chi connectivity index (χ3v) is 2.87. The molecule has 0 spiro atoms. The van der Waals surface area contributed by atoms with Crippen molar-refractivity contribution < 1.29 is 9.18 Å². The molecule has 19 heavy (non-hydrogen) atoms. The van der Waals surface area contributed by atoms with Crippen LogP contribution in [-0.4, -0.2) is 5.91 Å². The number of carbonyl (C=O) groups is 1. The molecule has 0 atom stereocenters. The van der Waals surface area contributed by atoms with Crippen molar-refractivity contribution in [3.63, 3.8) is 0 Å². The van der Waals surface area contributed by atoms with Crippen LogP contribution in [0.1, 0.15) is 18.1 Å². The Balaban J connectivity index is 2.01. The zero-order chi connectivity index (χ0) is 13.7. The average molecular weight is 257 g/mol. The maximum Gasteiger partial charge on any atom is 0.228 e. The quantitative estimate of drug-likeness (QED) is 0.891. The Morgan fingerprint density at radius 2 is 1.84 bits per heavy atom. The van der Waals surface area contributed by atoms with Gasteiger partial charge in [0.15, 0.2) is 0 Å². The monoisotopic (exact) mass is 257 g/mol. The molecule has 0 bridgehead atoms. The van der Waals surface area contributed by atoms with E-state index in [4.69, 9.17) is 0 Å². The van der Waals surface area contributed by atoms with Crippen molar-refractivity contribution >= 4 is 11.6 Å². The van der Waals surface area contributed by atoms with Crippen LogP contribution in [0.4, 0.5) is 10.1 Å². The zero-order valence-corrected chi connectivity index (χ0v) is 10.8. The highest BCUT2D eigenvalue weighted by atomic mass is 19.1. The first-order valence-corrected chi connectivity index (χ1v) is 6.30. The first kappa shape index (κ1) is 13.3. The van der Waals surface area contributed by atoms with Gasteiger partial charge in [0.25, 0.3) is 0 Å². The van der Waals surface area contributed by atoms with E-state index >= 15 is 0 Å². The van der Waals surface area contributed by atoms with Gasteiger partial charge in [0.05, 0.1) is 6.42 Å². The number of aryl methyl sites for hydroxylation is 1. The van der Waals surface area contributed by atoms with E-state index in [0.717, 1.165) is 12.1 Å². The highest BCUT2D eigenvalue weighted by Crippen LogP contribution is 2.12. The summed E-state index contributed by atoms with van der Waals surface area (Å²) in [5.41, 5.74) is 2.62. The van der Waals surface area contributed by atoms with E-state index in [-0.39, 0.29) is 18.1 Å². The minimum absolute atomic E-state index is 0.140. The largest absolute Gasteiger partial charge is 0.326 e. The van der Waals surface area contributed by atoms with Gasteiger partial charge >= 0.3 is 0 Å². The van der Waals surface area contributed by atoms with Gasteiger partial charge in [-0.15, -0.1) is 0 Å². The highest BCUT2D eigenvalue weighted by Gasteiger charge is 2.05. The molecular weight excluding hydrogens is 241 g/mol. The molecule has 0 aliphatic carbocycles. The van der Waals surface area contributed by atoms with Crippen molar-refractivity contribution in [1.82, 2.24) is 0 Å². The summed E-state index contributed by atoms with van der Waals surface area (Å²) in [6.07, 6.45) is 1.10. The lowest BCUT2D eigenvalue weighted by atomic mass is 10.1. The Labute approximate surface area is 112 Å². The van der Waals surface area contributed by atoms with E-state index in [0.29, 0.717) is 5.56 Å². The Morgan fingerprint density at radius 1 is 1.11 bits per heavy atom. The molecule has 2 nitrogen and oxygen atoms in total. The second kappa shape index (κ2) is 6.14. The number of rotatable bonds is 4. The SMILES string of the molecule is CCc1cccc(NC(=O)Cc2cccc(F)c2)c1. The highest BCUT2D eigenvalue weighted by molar-refractivity contribution is 5.92. The predicted molar refractivity (Wildman–Crippen MR) is 74.6 cm³/mol. The molecule has 1 N–H and O–H groups in total. The molecule has 2 aromatic carbocycles. The molecule has 0 radical (unpaired) electrons. The topological polar surface area (TPSA) is 29.1 Å². The Morgan fingerprint density at radius 3 is 2.58 bits per heavy atom. The summed E-state index contributed by atoms with van der Waals surface area (Å²) >= 11 is 0. The van der Waals surface area contributed by atoms with E-state index in [9.17, 15) is 9.18 Å². The first-order chi connectivity index (χ1) is 9.17. The summed E-state index contributed by atoms with van der Waals surface area (Å²) < 4.78 is 13.0. The van der Waals surface area contributed by atoms with Crippen LogP contribution < -0.4 is 5.32 Å². The molecule has 0 fully saturated rings. The molecule has 98 valence electrons. The van der Waals surface area contributed by atoms with Crippen molar-refractivity contribution in [2.24, 2.45) is 0 Å². The van der Waals surface area contributed by atoms with Gasteiger partial charge in [-0.3, -0.25) is 4.79 Å². The summed E-state index contributed by atoms with van der Waals surface area (Å²) in [5, 5.41) is 2.82. The van der Waals surface area contributed by atoms with Gasteiger partial charge in [-0.2, -0.15) is 0 Å². The van der Waals surface area contributed by atoms with Crippen LogP contribution in [0.2, 0.25) is 0 Å². The lowest BCUT2D eigenvalue weighted by molar-refractivity contribution is -0.115. The van der Waals surface area contributed by atoms with Gasteiger partial charge in [0, 0.05) is 5.69 Å². The van der Waals surface area contributed by atoms with Gasteiger partial charge in [-0.25, -0.2) is 4.39 Å². The fourth-order valence-corrected chi connectivity index (χ4v) is 1.91. The second-order valence-corrected chi connectivity index (χ2v) is 4.41. The predicted octanol–water partition coefficient (Wildman–Crippen LogP) is 3.57. The molecular formula is C16H16FNO. The lowest BCUT2D eigenvalue weighted by Gasteiger charge is -2.07. The van der Waals surface area contributed by atoms with Crippen LogP contribution in [0.15, 0.2) is 48.5 Å². The Bertz CT molecular complexity index is 580. The van der Waals surface area contributed by atoms with Crippen LogP contribution in [-0.2, 0) is 17.6 Å². The molecule has 0 saturated carbocycles. The van der Waals surface area contributed by atoms with Gasteiger partial charge in [-0.1, -0.05) is 31.2 Å². The molecule has 0 aliphatic rings. The van der Waals surface area contributed by atoms with Gasteiger partial charge < -0.3 is 5.32 Å². The van der Waals surface area contributed by atoms with Crippen LogP contribution in [0.25, 0.3) is 0 Å². The average Bonchev–Trinajstić information content (AvgIpc) is 2.38. The van der Waals surface area contributed by atoms with E-state index in [1.165, 1.54) is 17.7 Å². The minimum atomic E-state index is -0.321. The van der Waals surface area contributed by atoms with Crippen LogP contribution in [0, 0.1) is 5.82 Å². The summed E-state index contributed by atoms with van der Waals surface area (Å²) in [7, 11) is 0. The lowest BCUT2D eigenvalue weighted by Crippen LogP contribution is -2.14. The molecule has 0 unspecified atom stereocenters. The maximum absolute atomic E-state index is 13.0. The first-order valence-electron chi connectivity index (χ1n) is 6.30. The summed E-state index contributed by atoms with van der Waals surface area (Å²) in [4.78, 5) is 11.9. The second-order valence-electron chi connectivity index (χ2n) is 4.41. The van der Waals surface area contributed by atoms with E-state index in [2.05, 4.69) is 12.2 Å². The molecule has 1 amide bonds. The summed E-state index contributed by atoms with van der Waals surface area (Å²) in [5.74, 6) is -0.461. The molecule has 2 aromatic rings. The standard InChI is InChI=1S/C16H16FNO/c1-2-12-5-4-8-15(10-12)18-16(19)11-13-6-3-7-14(17)9-13/h3-10H,2,11H2,1H3,(H,18,19). The number of nitrogens with one attached hydrogen (secondary N) is 1.